The maximum absolute atomic E-state index is 12.1. The van der Waals surface area contributed by atoms with Gasteiger partial charge in [-0.15, -0.1) is 0 Å². The summed E-state index contributed by atoms with van der Waals surface area (Å²) in [5, 5.41) is 0. The summed E-state index contributed by atoms with van der Waals surface area (Å²) in [6.07, 6.45) is 0. The number of hydrogen-bond donors (Lipinski definition) is 0. The largest absolute Gasteiger partial charge is 0.497 e. The van der Waals surface area contributed by atoms with E-state index in [1.54, 1.807) is 26.2 Å². The number of esters is 1. The predicted molar refractivity (Wildman–Crippen MR) is 79.1 cm³/mol. The van der Waals surface area contributed by atoms with Gasteiger partial charge in [-0.1, -0.05) is 24.3 Å². The molecule has 3 nitrogen and oxygen atoms in total. The van der Waals surface area contributed by atoms with Crippen molar-refractivity contribution in [3.8, 4) is 16.9 Å². The Morgan fingerprint density at radius 1 is 1.10 bits per heavy atom. The first-order valence-corrected chi connectivity index (χ1v) is 6.58. The maximum atomic E-state index is 12.1. The van der Waals surface area contributed by atoms with Crippen LogP contribution in [0.15, 0.2) is 42.5 Å². The van der Waals surface area contributed by atoms with Gasteiger partial charge in [-0.2, -0.15) is 0 Å². The van der Waals surface area contributed by atoms with Gasteiger partial charge in [0, 0.05) is 5.56 Å². The minimum Gasteiger partial charge on any atom is -0.497 e. The van der Waals surface area contributed by atoms with Gasteiger partial charge in [0.2, 0.25) is 0 Å². The average molecular weight is 270 g/mol. The lowest BCUT2D eigenvalue weighted by Gasteiger charge is -2.13. The van der Waals surface area contributed by atoms with Crippen LogP contribution < -0.4 is 4.74 Å². The highest BCUT2D eigenvalue weighted by atomic mass is 16.5. The highest BCUT2D eigenvalue weighted by Gasteiger charge is 2.16. The van der Waals surface area contributed by atoms with E-state index in [9.17, 15) is 4.79 Å². The molecule has 0 heterocycles. The van der Waals surface area contributed by atoms with Gasteiger partial charge in [0.05, 0.1) is 19.3 Å². The van der Waals surface area contributed by atoms with Crippen LogP contribution in [0.4, 0.5) is 0 Å². The second-order valence-corrected chi connectivity index (χ2v) is 4.45. The Morgan fingerprint density at radius 3 is 2.50 bits per heavy atom. The molecule has 0 aliphatic carbocycles. The summed E-state index contributed by atoms with van der Waals surface area (Å²) >= 11 is 0. The zero-order chi connectivity index (χ0) is 14.5. The Balaban J connectivity index is 2.59. The fraction of sp³-hybridized carbons (Fsp3) is 0.235. The number of benzene rings is 2. The fourth-order valence-corrected chi connectivity index (χ4v) is 2.14. The predicted octanol–water partition coefficient (Wildman–Crippen LogP) is 3.85. The van der Waals surface area contributed by atoms with E-state index < -0.39 is 0 Å². The molecular weight excluding hydrogens is 252 g/mol. The van der Waals surface area contributed by atoms with Crippen LogP contribution in [0, 0.1) is 6.92 Å². The molecule has 0 bridgehead atoms. The van der Waals surface area contributed by atoms with E-state index in [4.69, 9.17) is 9.47 Å². The van der Waals surface area contributed by atoms with Gasteiger partial charge in [0.15, 0.2) is 0 Å². The molecule has 2 rings (SSSR count). The van der Waals surface area contributed by atoms with E-state index in [1.165, 1.54) is 0 Å². The van der Waals surface area contributed by atoms with E-state index in [2.05, 4.69) is 0 Å². The second-order valence-electron chi connectivity index (χ2n) is 4.45. The van der Waals surface area contributed by atoms with E-state index >= 15 is 0 Å². The third-order valence-corrected chi connectivity index (χ3v) is 3.16. The lowest BCUT2D eigenvalue weighted by molar-refractivity contribution is 0.0527. The average Bonchev–Trinajstić information content (AvgIpc) is 2.47. The van der Waals surface area contributed by atoms with Crippen molar-refractivity contribution in [3.05, 3.63) is 53.6 Å². The Bertz CT molecular complexity index is 617. The lowest BCUT2D eigenvalue weighted by atomic mass is 9.96. The molecule has 3 heteroatoms. The van der Waals surface area contributed by atoms with Crippen molar-refractivity contribution < 1.29 is 14.3 Å². The first kappa shape index (κ1) is 14.1. The highest BCUT2D eigenvalue weighted by molar-refractivity contribution is 5.98. The molecule has 20 heavy (non-hydrogen) atoms. The van der Waals surface area contributed by atoms with Gasteiger partial charge in [0.25, 0.3) is 0 Å². The molecule has 0 amide bonds. The molecule has 0 fully saturated rings. The first-order valence-electron chi connectivity index (χ1n) is 6.58. The molecule has 0 radical (unpaired) electrons. The lowest BCUT2D eigenvalue weighted by Crippen LogP contribution is -2.07. The van der Waals surface area contributed by atoms with Crippen molar-refractivity contribution in [3.63, 3.8) is 0 Å². The summed E-state index contributed by atoms with van der Waals surface area (Å²) in [6.45, 7) is 4.18. The van der Waals surface area contributed by atoms with E-state index in [-0.39, 0.29) is 5.97 Å². The van der Waals surface area contributed by atoms with Crippen LogP contribution in [-0.2, 0) is 4.74 Å². The third kappa shape index (κ3) is 2.82. The Hall–Kier alpha value is -2.29. The van der Waals surface area contributed by atoms with Crippen LogP contribution in [0.5, 0.6) is 5.75 Å². The van der Waals surface area contributed by atoms with E-state index in [0.29, 0.717) is 12.2 Å². The molecule has 2 aromatic carbocycles. The topological polar surface area (TPSA) is 35.5 Å². The summed E-state index contributed by atoms with van der Waals surface area (Å²) in [5.41, 5.74) is 3.50. The fourth-order valence-electron chi connectivity index (χ4n) is 2.14. The van der Waals surface area contributed by atoms with Gasteiger partial charge >= 0.3 is 5.97 Å². The number of ether oxygens (including phenoxy) is 2. The second kappa shape index (κ2) is 6.24. The molecule has 0 saturated heterocycles. The van der Waals surface area contributed by atoms with Gasteiger partial charge in [-0.25, -0.2) is 4.79 Å². The standard InChI is InChI=1S/C17H18O3/c1-4-20-17(18)15-10-9-13(19-3)11-16(15)14-8-6-5-7-12(14)2/h5-11H,4H2,1-3H3. The maximum Gasteiger partial charge on any atom is 0.338 e. The van der Waals surface area contributed by atoms with Crippen LogP contribution >= 0.6 is 0 Å². The van der Waals surface area contributed by atoms with Crippen molar-refractivity contribution in [1.82, 2.24) is 0 Å². The summed E-state index contributed by atoms with van der Waals surface area (Å²) in [4.78, 5) is 12.1. The molecule has 0 spiro atoms. The number of aryl methyl sites for hydroxylation is 1. The van der Waals surface area contributed by atoms with Crippen molar-refractivity contribution in [2.75, 3.05) is 13.7 Å². The van der Waals surface area contributed by atoms with Crippen LogP contribution in [0.2, 0.25) is 0 Å². The molecule has 0 aliphatic heterocycles. The molecule has 0 aliphatic rings. The molecule has 0 aromatic heterocycles. The van der Waals surface area contributed by atoms with E-state index in [0.717, 1.165) is 22.4 Å². The normalized spacial score (nSPS) is 10.2. The van der Waals surface area contributed by atoms with Crippen molar-refractivity contribution >= 4 is 5.97 Å². The molecule has 2 aromatic rings. The van der Waals surface area contributed by atoms with Crippen molar-refractivity contribution in [2.24, 2.45) is 0 Å². The SMILES string of the molecule is CCOC(=O)c1ccc(OC)cc1-c1ccccc1C. The van der Waals surface area contributed by atoms with Crippen LogP contribution in [0.1, 0.15) is 22.8 Å². The molecular formula is C17H18O3. The molecule has 0 unspecified atom stereocenters. The number of carbonyl (C=O) groups is 1. The zero-order valence-electron chi connectivity index (χ0n) is 12.0. The minimum atomic E-state index is -0.312. The van der Waals surface area contributed by atoms with Crippen LogP contribution in [-0.4, -0.2) is 19.7 Å². The molecule has 0 atom stereocenters. The summed E-state index contributed by atoms with van der Waals surface area (Å²) < 4.78 is 10.4. The summed E-state index contributed by atoms with van der Waals surface area (Å²) in [5.74, 6) is 0.407. The highest BCUT2D eigenvalue weighted by Crippen LogP contribution is 2.30. The van der Waals surface area contributed by atoms with Crippen LogP contribution in [0.25, 0.3) is 11.1 Å². The van der Waals surface area contributed by atoms with Gasteiger partial charge in [0.1, 0.15) is 5.75 Å². The molecule has 0 saturated carbocycles. The first-order chi connectivity index (χ1) is 9.67. The number of carbonyl (C=O) groups excluding carboxylic acids is 1. The summed E-state index contributed by atoms with van der Waals surface area (Å²) in [7, 11) is 1.61. The van der Waals surface area contributed by atoms with Crippen molar-refractivity contribution in [2.45, 2.75) is 13.8 Å². The van der Waals surface area contributed by atoms with Gasteiger partial charge < -0.3 is 9.47 Å². The van der Waals surface area contributed by atoms with Gasteiger partial charge in [-0.3, -0.25) is 0 Å². The van der Waals surface area contributed by atoms with E-state index in [1.807, 2.05) is 37.3 Å². The summed E-state index contributed by atoms with van der Waals surface area (Å²) in [6, 6.07) is 13.3. The number of methoxy groups -OCH3 is 1. The van der Waals surface area contributed by atoms with Crippen molar-refractivity contribution in [1.29, 1.82) is 0 Å². The Kier molecular flexibility index (Phi) is 4.41. The quantitative estimate of drug-likeness (QED) is 0.792. The Labute approximate surface area is 119 Å². The van der Waals surface area contributed by atoms with Crippen LogP contribution in [0.3, 0.4) is 0 Å². The van der Waals surface area contributed by atoms with Gasteiger partial charge in [-0.05, 0) is 43.2 Å². The third-order valence-electron chi connectivity index (χ3n) is 3.16. The number of rotatable bonds is 4. The smallest absolute Gasteiger partial charge is 0.338 e. The zero-order valence-corrected chi connectivity index (χ0v) is 12.0. The minimum absolute atomic E-state index is 0.312. The number of hydrogen-bond acceptors (Lipinski definition) is 3. The monoisotopic (exact) mass is 270 g/mol. The molecule has 0 N–H and O–H groups in total. The Morgan fingerprint density at radius 2 is 1.85 bits per heavy atom. The molecule has 104 valence electrons.